The number of hydrogen-bond acceptors (Lipinski definition) is 2. The third-order valence-electron chi connectivity index (χ3n) is 4.04. The Balaban J connectivity index is 1.66. The maximum absolute atomic E-state index is 12.0. The normalized spacial score (nSPS) is 32.6. The van der Waals surface area contributed by atoms with Crippen LogP contribution in [0.4, 0.5) is 4.79 Å². The lowest BCUT2D eigenvalue weighted by Gasteiger charge is -2.32. The van der Waals surface area contributed by atoms with E-state index in [4.69, 9.17) is 0 Å². The number of aliphatic hydroxyl groups excluding tert-OH is 1. The van der Waals surface area contributed by atoms with Gasteiger partial charge >= 0.3 is 6.03 Å². The van der Waals surface area contributed by atoms with E-state index >= 15 is 0 Å². The van der Waals surface area contributed by atoms with Crippen molar-refractivity contribution in [2.45, 2.75) is 43.9 Å². The summed E-state index contributed by atoms with van der Waals surface area (Å²) < 4.78 is 0. The van der Waals surface area contributed by atoms with Crippen molar-refractivity contribution < 1.29 is 9.90 Å². The van der Waals surface area contributed by atoms with Crippen LogP contribution in [0.25, 0.3) is 0 Å². The molecule has 3 N–H and O–H groups in total. The van der Waals surface area contributed by atoms with Gasteiger partial charge in [-0.2, -0.15) is 0 Å². The van der Waals surface area contributed by atoms with Gasteiger partial charge in [0.05, 0.1) is 12.1 Å². The van der Waals surface area contributed by atoms with E-state index in [1.165, 1.54) is 0 Å². The Hall–Kier alpha value is -1.49. The molecular weight excluding hydrogens is 230 g/mol. The fraction of sp³-hybridized carbons (Fsp3) is 0.615. The van der Waals surface area contributed by atoms with Gasteiger partial charge in [0.1, 0.15) is 0 Å². The number of carbonyl (C=O) groups excluding carboxylic acids is 1. The van der Waals surface area contributed by atoms with Crippen molar-refractivity contribution >= 4 is 6.03 Å². The molecule has 0 bridgehead atoms. The number of H-pyrrole nitrogens is 1. The molecule has 2 heterocycles. The Bertz CT molecular complexity index is 410. The zero-order valence-corrected chi connectivity index (χ0v) is 10.3. The Kier molecular flexibility index (Phi) is 2.99. The number of nitrogens with zero attached hydrogens (tertiary/aromatic N) is 1. The maximum atomic E-state index is 12.0. The summed E-state index contributed by atoms with van der Waals surface area (Å²) in [6.07, 6.45) is 5.13. The molecule has 0 aromatic carbocycles. The molecule has 0 spiro atoms. The number of amides is 2. The molecule has 5 nitrogen and oxygen atoms in total. The third-order valence-corrected chi connectivity index (χ3v) is 4.04. The van der Waals surface area contributed by atoms with E-state index in [1.54, 1.807) is 0 Å². The molecule has 5 heteroatoms. The fourth-order valence-electron chi connectivity index (χ4n) is 2.98. The first-order valence-electron chi connectivity index (χ1n) is 6.62. The minimum absolute atomic E-state index is 0.0241. The fourth-order valence-corrected chi connectivity index (χ4v) is 2.98. The predicted molar refractivity (Wildman–Crippen MR) is 67.0 cm³/mol. The van der Waals surface area contributed by atoms with Gasteiger partial charge in [-0.3, -0.25) is 0 Å². The summed E-state index contributed by atoms with van der Waals surface area (Å²) in [7, 11) is 0. The Morgan fingerprint density at radius 3 is 2.72 bits per heavy atom. The zero-order chi connectivity index (χ0) is 12.5. The number of rotatable bonds is 2. The summed E-state index contributed by atoms with van der Waals surface area (Å²) in [5.41, 5.74) is 1.06. The van der Waals surface area contributed by atoms with Gasteiger partial charge in [0.15, 0.2) is 0 Å². The van der Waals surface area contributed by atoms with Gasteiger partial charge in [-0.1, -0.05) is 0 Å². The Morgan fingerprint density at radius 1 is 1.28 bits per heavy atom. The summed E-state index contributed by atoms with van der Waals surface area (Å²) in [4.78, 5) is 17.1. The molecule has 1 saturated heterocycles. The van der Waals surface area contributed by atoms with Crippen molar-refractivity contribution in [1.29, 1.82) is 0 Å². The maximum Gasteiger partial charge on any atom is 0.318 e. The lowest BCUT2D eigenvalue weighted by Crippen LogP contribution is -2.41. The van der Waals surface area contributed by atoms with Crippen LogP contribution in [-0.4, -0.2) is 39.7 Å². The van der Waals surface area contributed by atoms with Crippen LogP contribution in [-0.2, 0) is 0 Å². The van der Waals surface area contributed by atoms with Gasteiger partial charge in [-0.25, -0.2) is 4.79 Å². The van der Waals surface area contributed by atoms with E-state index in [9.17, 15) is 9.90 Å². The summed E-state index contributed by atoms with van der Waals surface area (Å²) >= 11 is 0. The minimum Gasteiger partial charge on any atom is -0.393 e. The van der Waals surface area contributed by atoms with Crippen LogP contribution in [0.5, 0.6) is 0 Å². The van der Waals surface area contributed by atoms with Crippen LogP contribution < -0.4 is 5.32 Å². The van der Waals surface area contributed by atoms with E-state index in [2.05, 4.69) is 10.3 Å². The number of aromatic amines is 1. The first kappa shape index (κ1) is 11.6. The van der Waals surface area contributed by atoms with Crippen molar-refractivity contribution in [2.75, 3.05) is 6.54 Å². The molecule has 1 unspecified atom stereocenters. The molecular formula is C13H19N3O2. The molecule has 18 heavy (non-hydrogen) atoms. The average molecular weight is 249 g/mol. The van der Waals surface area contributed by atoms with Crippen molar-refractivity contribution in [1.82, 2.24) is 15.2 Å². The number of nitrogens with one attached hydrogen (secondary N) is 2. The van der Waals surface area contributed by atoms with Crippen LogP contribution in [0.3, 0.4) is 0 Å². The highest BCUT2D eigenvalue weighted by molar-refractivity contribution is 5.77. The first-order valence-corrected chi connectivity index (χ1v) is 6.62. The van der Waals surface area contributed by atoms with Crippen LogP contribution in [0.2, 0.25) is 0 Å². The van der Waals surface area contributed by atoms with Crippen molar-refractivity contribution in [2.24, 2.45) is 0 Å². The molecule has 1 aromatic rings. The van der Waals surface area contributed by atoms with Crippen LogP contribution in [0.15, 0.2) is 18.3 Å². The quantitative estimate of drug-likeness (QED) is 0.741. The van der Waals surface area contributed by atoms with Gasteiger partial charge in [0.25, 0.3) is 0 Å². The van der Waals surface area contributed by atoms with Gasteiger partial charge < -0.3 is 20.3 Å². The van der Waals surface area contributed by atoms with Gasteiger partial charge in [-0.05, 0) is 37.8 Å². The van der Waals surface area contributed by atoms with Crippen LogP contribution in [0.1, 0.15) is 37.4 Å². The van der Waals surface area contributed by atoms with E-state index in [-0.39, 0.29) is 24.2 Å². The molecule has 3 rings (SSSR count). The standard InChI is InChI=1S/C13H19N3O2/c17-10-5-3-9(4-6-10)16-8-12(15-13(16)18)11-2-1-7-14-11/h1-2,7,9-10,12,14,17H,3-6,8H2,(H,15,18). The summed E-state index contributed by atoms with van der Waals surface area (Å²) in [6.45, 7) is 0.722. The molecule has 0 radical (unpaired) electrons. The Morgan fingerprint density at radius 2 is 2.06 bits per heavy atom. The monoisotopic (exact) mass is 249 g/mol. The molecule has 2 fully saturated rings. The molecule has 1 atom stereocenters. The van der Waals surface area contributed by atoms with Gasteiger partial charge in [-0.15, -0.1) is 0 Å². The summed E-state index contributed by atoms with van der Waals surface area (Å²) in [5.74, 6) is 0. The summed E-state index contributed by atoms with van der Waals surface area (Å²) in [5, 5.41) is 12.5. The third kappa shape index (κ3) is 2.10. The number of aliphatic hydroxyl groups is 1. The number of urea groups is 1. The SMILES string of the molecule is O=C1NC(c2ccc[nH]2)CN1C1CCC(O)CC1. The molecule has 1 aliphatic heterocycles. The second-order valence-electron chi connectivity index (χ2n) is 5.24. The largest absolute Gasteiger partial charge is 0.393 e. The Labute approximate surface area is 106 Å². The van der Waals surface area contributed by atoms with Gasteiger partial charge in [0.2, 0.25) is 0 Å². The average Bonchev–Trinajstić information content (AvgIpc) is 2.99. The molecule has 2 aliphatic rings. The van der Waals surface area contributed by atoms with Crippen LogP contribution >= 0.6 is 0 Å². The predicted octanol–water partition coefficient (Wildman–Crippen LogP) is 1.38. The van der Waals surface area contributed by atoms with Gasteiger partial charge in [0, 0.05) is 24.5 Å². The topological polar surface area (TPSA) is 68.4 Å². The first-order chi connectivity index (χ1) is 8.74. The molecule has 1 saturated carbocycles. The minimum atomic E-state index is -0.175. The lowest BCUT2D eigenvalue weighted by molar-refractivity contribution is 0.0907. The second-order valence-corrected chi connectivity index (χ2v) is 5.24. The summed E-state index contributed by atoms with van der Waals surface area (Å²) in [6, 6.07) is 4.32. The van der Waals surface area contributed by atoms with E-state index in [0.29, 0.717) is 0 Å². The molecule has 1 aliphatic carbocycles. The van der Waals surface area contributed by atoms with E-state index < -0.39 is 0 Å². The zero-order valence-electron chi connectivity index (χ0n) is 10.3. The number of carbonyl (C=O) groups is 1. The van der Waals surface area contributed by atoms with Crippen molar-refractivity contribution in [3.63, 3.8) is 0 Å². The van der Waals surface area contributed by atoms with Crippen molar-refractivity contribution in [3.8, 4) is 0 Å². The van der Waals surface area contributed by atoms with E-state index in [1.807, 2.05) is 23.2 Å². The highest BCUT2D eigenvalue weighted by Gasteiger charge is 2.36. The number of hydrogen-bond donors (Lipinski definition) is 3. The lowest BCUT2D eigenvalue weighted by atomic mass is 9.92. The molecule has 1 aromatic heterocycles. The van der Waals surface area contributed by atoms with Crippen molar-refractivity contribution in [3.05, 3.63) is 24.0 Å². The van der Waals surface area contributed by atoms with Crippen LogP contribution in [0, 0.1) is 0 Å². The number of aromatic nitrogens is 1. The smallest absolute Gasteiger partial charge is 0.318 e. The highest BCUT2D eigenvalue weighted by Crippen LogP contribution is 2.28. The van der Waals surface area contributed by atoms with E-state index in [0.717, 1.165) is 37.9 Å². The second kappa shape index (κ2) is 4.65. The highest BCUT2D eigenvalue weighted by atomic mass is 16.3. The molecule has 2 amide bonds. The molecule has 98 valence electrons.